The number of carbonyl (C=O) groups excluding carboxylic acids is 2. The fraction of sp³-hybridized carbons (Fsp3) is 0.692. The first-order chi connectivity index (χ1) is 11.2. The van der Waals surface area contributed by atoms with Gasteiger partial charge in [0.2, 0.25) is 11.8 Å². The topological polar surface area (TPSA) is 159 Å². The molecule has 3 atom stereocenters. The van der Waals surface area contributed by atoms with Crippen molar-refractivity contribution in [1.29, 1.82) is 0 Å². The highest BCUT2D eigenvalue weighted by Crippen LogP contribution is 2.03. The van der Waals surface area contributed by atoms with Gasteiger partial charge in [-0.2, -0.15) is 24.4 Å². The van der Waals surface area contributed by atoms with Crippen LogP contribution in [0.3, 0.4) is 0 Å². The molecule has 0 aliphatic heterocycles. The number of carboxylic acids is 2. The third-order valence-electron chi connectivity index (χ3n) is 3.05. The van der Waals surface area contributed by atoms with Crippen LogP contribution in [0.25, 0.3) is 0 Å². The van der Waals surface area contributed by atoms with Crippen molar-refractivity contribution in [2.45, 2.75) is 37.4 Å². The molecular formula is C13H23N3O6S2. The van der Waals surface area contributed by atoms with E-state index >= 15 is 0 Å². The number of rotatable bonds is 12. The maximum atomic E-state index is 12.1. The zero-order chi connectivity index (χ0) is 18.7. The molecule has 0 spiro atoms. The van der Waals surface area contributed by atoms with Crippen LogP contribution in [0, 0.1) is 0 Å². The predicted octanol–water partition coefficient (Wildman–Crippen LogP) is -1.08. The van der Waals surface area contributed by atoms with E-state index in [1.807, 2.05) is 6.26 Å². The Kier molecular flexibility index (Phi) is 11.3. The standard InChI is InChI=1S/C13H23N3O6S2/c1-24-5-4-8(13(21)22)15-12(20)9(6-23)16-11(19)7(14)2-3-10(17)18/h7-9,23H,2-6,14H2,1H3,(H,15,20)(H,16,19)(H,17,18)(H,21,22)/t7-,8-,9-/m0/s1. The second kappa shape index (κ2) is 12.0. The highest BCUT2D eigenvalue weighted by molar-refractivity contribution is 7.98. The van der Waals surface area contributed by atoms with Gasteiger partial charge in [-0.05, 0) is 24.9 Å². The van der Waals surface area contributed by atoms with Gasteiger partial charge >= 0.3 is 11.9 Å². The molecule has 0 aromatic carbocycles. The summed E-state index contributed by atoms with van der Waals surface area (Å²) in [4.78, 5) is 45.5. The number of hydrogen-bond acceptors (Lipinski definition) is 7. The normalized spacial score (nSPS) is 14.3. The summed E-state index contributed by atoms with van der Waals surface area (Å²) in [5, 5.41) is 22.3. The summed E-state index contributed by atoms with van der Waals surface area (Å²) in [7, 11) is 0. The van der Waals surface area contributed by atoms with Crippen LogP contribution >= 0.6 is 24.4 Å². The van der Waals surface area contributed by atoms with Crippen molar-refractivity contribution in [1.82, 2.24) is 10.6 Å². The van der Waals surface area contributed by atoms with E-state index in [1.165, 1.54) is 11.8 Å². The van der Waals surface area contributed by atoms with Gasteiger partial charge in [-0.1, -0.05) is 0 Å². The zero-order valence-electron chi connectivity index (χ0n) is 13.2. The number of thioether (sulfide) groups is 1. The van der Waals surface area contributed by atoms with E-state index in [9.17, 15) is 19.2 Å². The number of carbonyl (C=O) groups is 4. The van der Waals surface area contributed by atoms with Gasteiger partial charge in [-0.25, -0.2) is 4.79 Å². The molecule has 9 nitrogen and oxygen atoms in total. The second-order valence-corrected chi connectivity index (χ2v) is 6.31. The lowest BCUT2D eigenvalue weighted by molar-refractivity contribution is -0.142. The van der Waals surface area contributed by atoms with Gasteiger partial charge in [0.25, 0.3) is 0 Å². The first-order valence-corrected chi connectivity index (χ1v) is 9.16. The number of thiol groups is 1. The van der Waals surface area contributed by atoms with E-state index in [2.05, 4.69) is 23.3 Å². The molecule has 138 valence electrons. The van der Waals surface area contributed by atoms with Gasteiger partial charge in [0.15, 0.2) is 0 Å². The quantitative estimate of drug-likeness (QED) is 0.233. The molecule has 0 aromatic rings. The van der Waals surface area contributed by atoms with Crippen LogP contribution in [-0.4, -0.2) is 69.9 Å². The predicted molar refractivity (Wildman–Crippen MR) is 93.2 cm³/mol. The van der Waals surface area contributed by atoms with Crippen LogP contribution in [-0.2, 0) is 19.2 Å². The average Bonchev–Trinajstić information content (AvgIpc) is 2.53. The Morgan fingerprint density at radius 2 is 1.67 bits per heavy atom. The van der Waals surface area contributed by atoms with Crippen molar-refractivity contribution < 1.29 is 29.4 Å². The SMILES string of the molecule is CSCC[C@H](NC(=O)[C@H](CS)NC(=O)[C@@H](N)CCC(=O)O)C(=O)O. The Morgan fingerprint density at radius 3 is 2.12 bits per heavy atom. The minimum absolute atomic E-state index is 0.0574. The Labute approximate surface area is 149 Å². The number of hydrogen-bond donors (Lipinski definition) is 6. The first kappa shape index (κ1) is 22.5. The van der Waals surface area contributed by atoms with Crippen LogP contribution < -0.4 is 16.4 Å². The lowest BCUT2D eigenvalue weighted by Gasteiger charge is -2.21. The minimum Gasteiger partial charge on any atom is -0.481 e. The Balaban J connectivity index is 4.64. The zero-order valence-corrected chi connectivity index (χ0v) is 14.9. The van der Waals surface area contributed by atoms with E-state index < -0.39 is 41.9 Å². The highest BCUT2D eigenvalue weighted by atomic mass is 32.2. The van der Waals surface area contributed by atoms with Gasteiger partial charge in [0.1, 0.15) is 12.1 Å². The number of nitrogens with one attached hydrogen (secondary N) is 2. The summed E-state index contributed by atoms with van der Waals surface area (Å²) >= 11 is 5.41. The van der Waals surface area contributed by atoms with E-state index in [4.69, 9.17) is 15.9 Å². The maximum absolute atomic E-state index is 12.1. The smallest absolute Gasteiger partial charge is 0.326 e. The third kappa shape index (κ3) is 8.99. The van der Waals surface area contributed by atoms with E-state index in [1.54, 1.807) is 0 Å². The highest BCUT2D eigenvalue weighted by Gasteiger charge is 2.27. The Morgan fingerprint density at radius 1 is 1.08 bits per heavy atom. The second-order valence-electron chi connectivity index (χ2n) is 4.96. The molecule has 0 saturated heterocycles. The maximum Gasteiger partial charge on any atom is 0.326 e. The molecule has 24 heavy (non-hydrogen) atoms. The van der Waals surface area contributed by atoms with Gasteiger partial charge in [-0.3, -0.25) is 14.4 Å². The molecule has 2 amide bonds. The van der Waals surface area contributed by atoms with Crippen LogP contribution in [0.1, 0.15) is 19.3 Å². The van der Waals surface area contributed by atoms with E-state index in [0.717, 1.165) is 0 Å². The van der Waals surface area contributed by atoms with Crippen molar-refractivity contribution >= 4 is 48.1 Å². The minimum atomic E-state index is -1.17. The average molecular weight is 381 g/mol. The van der Waals surface area contributed by atoms with Crippen LogP contribution in [0.4, 0.5) is 0 Å². The fourth-order valence-electron chi connectivity index (χ4n) is 1.65. The number of aliphatic carboxylic acids is 2. The third-order valence-corrected chi connectivity index (χ3v) is 4.06. The molecule has 0 aromatic heterocycles. The van der Waals surface area contributed by atoms with Crippen molar-refractivity contribution in [3.8, 4) is 0 Å². The largest absolute Gasteiger partial charge is 0.481 e. The number of amides is 2. The molecule has 0 saturated carbocycles. The molecule has 6 N–H and O–H groups in total. The molecule has 0 rings (SSSR count). The van der Waals surface area contributed by atoms with Crippen molar-refractivity contribution in [3.05, 3.63) is 0 Å². The van der Waals surface area contributed by atoms with E-state index in [-0.39, 0.29) is 25.0 Å². The molecule has 0 bridgehead atoms. The molecule has 0 aliphatic carbocycles. The summed E-state index contributed by atoms with van der Waals surface area (Å²) in [6.07, 6.45) is 1.71. The van der Waals surface area contributed by atoms with Gasteiger partial charge < -0.3 is 26.6 Å². The summed E-state index contributed by atoms with van der Waals surface area (Å²) in [6.45, 7) is 0. The van der Waals surface area contributed by atoms with Crippen LogP contribution in [0.2, 0.25) is 0 Å². The fourth-order valence-corrected chi connectivity index (χ4v) is 2.38. The monoisotopic (exact) mass is 381 g/mol. The Bertz CT molecular complexity index is 463. The van der Waals surface area contributed by atoms with E-state index in [0.29, 0.717) is 5.75 Å². The molecule has 0 unspecified atom stereocenters. The molecular weight excluding hydrogens is 358 g/mol. The molecule has 0 radical (unpaired) electrons. The molecule has 0 heterocycles. The molecule has 0 fully saturated rings. The molecule has 11 heteroatoms. The molecule has 0 aliphatic rings. The number of carboxylic acid groups (broad SMARTS) is 2. The lowest BCUT2D eigenvalue weighted by atomic mass is 10.1. The first-order valence-electron chi connectivity index (χ1n) is 7.13. The summed E-state index contributed by atoms with van der Waals surface area (Å²) in [5.74, 6) is -3.13. The van der Waals surface area contributed by atoms with Gasteiger partial charge in [0, 0.05) is 12.2 Å². The van der Waals surface area contributed by atoms with Gasteiger partial charge in [-0.15, -0.1) is 0 Å². The van der Waals surface area contributed by atoms with Crippen LogP contribution in [0.15, 0.2) is 0 Å². The van der Waals surface area contributed by atoms with Crippen LogP contribution in [0.5, 0.6) is 0 Å². The van der Waals surface area contributed by atoms with Crippen molar-refractivity contribution in [2.75, 3.05) is 17.8 Å². The number of nitrogens with two attached hydrogens (primary N) is 1. The summed E-state index contributed by atoms with van der Waals surface area (Å²) < 4.78 is 0. The summed E-state index contributed by atoms with van der Waals surface area (Å²) in [6, 6.07) is -3.21. The Hall–Kier alpha value is -1.46. The van der Waals surface area contributed by atoms with Crippen molar-refractivity contribution in [3.63, 3.8) is 0 Å². The van der Waals surface area contributed by atoms with Gasteiger partial charge in [0.05, 0.1) is 6.04 Å². The van der Waals surface area contributed by atoms with Crippen molar-refractivity contribution in [2.24, 2.45) is 5.73 Å². The lowest BCUT2D eigenvalue weighted by Crippen LogP contribution is -2.55. The summed E-state index contributed by atoms with van der Waals surface area (Å²) in [5.41, 5.74) is 5.55.